The van der Waals surface area contributed by atoms with Crippen LogP contribution in [0.3, 0.4) is 0 Å². The maximum Gasteiger partial charge on any atom is 0.338 e. The van der Waals surface area contributed by atoms with Crippen molar-refractivity contribution in [1.29, 1.82) is 0 Å². The first-order chi connectivity index (χ1) is 14.4. The third kappa shape index (κ3) is 3.85. The van der Waals surface area contributed by atoms with Crippen LogP contribution in [0.1, 0.15) is 35.7 Å². The van der Waals surface area contributed by atoms with Gasteiger partial charge >= 0.3 is 5.97 Å². The smallest absolute Gasteiger partial charge is 0.338 e. The highest BCUT2D eigenvalue weighted by molar-refractivity contribution is 7.89. The van der Waals surface area contributed by atoms with Crippen LogP contribution in [-0.2, 0) is 26.0 Å². The van der Waals surface area contributed by atoms with E-state index in [9.17, 15) is 18.0 Å². The van der Waals surface area contributed by atoms with Crippen LogP contribution in [0.2, 0.25) is 0 Å². The minimum atomic E-state index is -3.53. The van der Waals surface area contributed by atoms with Gasteiger partial charge in [-0.15, -0.1) is 0 Å². The Bertz CT molecular complexity index is 1060. The molecule has 7 nitrogen and oxygen atoms in total. The summed E-state index contributed by atoms with van der Waals surface area (Å²) in [6.45, 7) is 2.63. The summed E-state index contributed by atoms with van der Waals surface area (Å²) < 4.78 is 31.8. The number of benzene rings is 2. The molecule has 0 saturated carbocycles. The zero-order valence-electron chi connectivity index (χ0n) is 16.8. The van der Waals surface area contributed by atoms with E-state index in [0.717, 1.165) is 30.5 Å². The van der Waals surface area contributed by atoms with Gasteiger partial charge in [0.1, 0.15) is 0 Å². The van der Waals surface area contributed by atoms with E-state index >= 15 is 0 Å². The number of carbonyl (C=O) groups excluding carboxylic acids is 2. The number of amides is 1. The Balaban J connectivity index is 1.39. The summed E-state index contributed by atoms with van der Waals surface area (Å²) >= 11 is 0. The van der Waals surface area contributed by atoms with Gasteiger partial charge in [-0.3, -0.25) is 4.79 Å². The molecule has 30 heavy (non-hydrogen) atoms. The molecular formula is C22H24N2O5S. The summed E-state index contributed by atoms with van der Waals surface area (Å²) in [6.07, 6.45) is 2.48. The van der Waals surface area contributed by atoms with Gasteiger partial charge < -0.3 is 9.64 Å². The van der Waals surface area contributed by atoms with Crippen LogP contribution in [-0.4, -0.2) is 50.3 Å². The van der Waals surface area contributed by atoms with Crippen LogP contribution >= 0.6 is 0 Å². The Morgan fingerprint density at radius 1 is 1.03 bits per heavy atom. The maximum absolute atomic E-state index is 12.7. The molecule has 0 spiro atoms. The maximum atomic E-state index is 12.7. The molecule has 1 fully saturated rings. The lowest BCUT2D eigenvalue weighted by Crippen LogP contribution is -2.38. The van der Waals surface area contributed by atoms with Gasteiger partial charge in [-0.2, -0.15) is 4.31 Å². The molecule has 8 heteroatoms. The zero-order valence-corrected chi connectivity index (χ0v) is 17.6. The highest BCUT2D eigenvalue weighted by atomic mass is 32.2. The van der Waals surface area contributed by atoms with E-state index < -0.39 is 16.0 Å². The zero-order chi connectivity index (χ0) is 21.3. The van der Waals surface area contributed by atoms with Crippen molar-refractivity contribution in [2.24, 2.45) is 0 Å². The predicted molar refractivity (Wildman–Crippen MR) is 112 cm³/mol. The summed E-state index contributed by atoms with van der Waals surface area (Å²) in [5.74, 6) is -0.942. The monoisotopic (exact) mass is 428 g/mol. The fourth-order valence-electron chi connectivity index (χ4n) is 4.07. The van der Waals surface area contributed by atoms with Gasteiger partial charge in [0.2, 0.25) is 10.0 Å². The number of ether oxygens (including phenoxy) is 1. The molecular weight excluding hydrogens is 404 g/mol. The molecule has 1 amide bonds. The van der Waals surface area contributed by atoms with Gasteiger partial charge in [-0.1, -0.05) is 18.2 Å². The van der Waals surface area contributed by atoms with Crippen molar-refractivity contribution in [2.75, 3.05) is 24.6 Å². The summed E-state index contributed by atoms with van der Waals surface area (Å²) in [5, 5.41) is 0. The number of sulfonamides is 1. The normalized spacial score (nSPS) is 19.0. The second kappa shape index (κ2) is 8.20. The highest BCUT2D eigenvalue weighted by Crippen LogP contribution is 2.31. The number of anilines is 1. The van der Waals surface area contributed by atoms with Crippen LogP contribution in [0.25, 0.3) is 0 Å². The first kappa shape index (κ1) is 20.6. The average molecular weight is 429 g/mol. The van der Waals surface area contributed by atoms with Gasteiger partial charge in [0.15, 0.2) is 6.61 Å². The fourth-order valence-corrected chi connectivity index (χ4v) is 5.58. The Labute approximate surface area is 176 Å². The quantitative estimate of drug-likeness (QED) is 0.684. The minimum absolute atomic E-state index is 0.00341. The van der Waals surface area contributed by atoms with E-state index in [2.05, 4.69) is 0 Å². The molecule has 2 aromatic rings. The Hall–Kier alpha value is -2.71. The van der Waals surface area contributed by atoms with Crippen molar-refractivity contribution in [3.8, 4) is 0 Å². The second-order valence-electron chi connectivity index (χ2n) is 7.66. The van der Waals surface area contributed by atoms with E-state index in [1.165, 1.54) is 28.6 Å². The van der Waals surface area contributed by atoms with Crippen molar-refractivity contribution in [2.45, 2.75) is 37.1 Å². The van der Waals surface area contributed by atoms with Crippen LogP contribution in [0.15, 0.2) is 53.4 Å². The van der Waals surface area contributed by atoms with Gasteiger partial charge in [-0.25, -0.2) is 13.2 Å². The molecule has 2 aliphatic heterocycles. The summed E-state index contributed by atoms with van der Waals surface area (Å²) in [6, 6.07) is 13.3. The lowest BCUT2D eigenvalue weighted by atomic mass is 10.1. The van der Waals surface area contributed by atoms with Crippen LogP contribution in [0.4, 0.5) is 5.69 Å². The van der Waals surface area contributed by atoms with E-state index in [0.29, 0.717) is 13.1 Å². The molecule has 1 saturated heterocycles. The first-order valence-corrected chi connectivity index (χ1v) is 11.5. The first-order valence-electron chi connectivity index (χ1n) is 10.1. The molecule has 0 unspecified atom stereocenters. The van der Waals surface area contributed by atoms with E-state index in [4.69, 9.17) is 4.74 Å². The molecule has 0 aliphatic carbocycles. The van der Waals surface area contributed by atoms with E-state index in [-0.39, 0.29) is 29.0 Å². The Kier molecular flexibility index (Phi) is 5.62. The fraction of sp³-hybridized carbons (Fsp3) is 0.364. The van der Waals surface area contributed by atoms with Gasteiger partial charge in [0, 0.05) is 24.8 Å². The molecule has 0 radical (unpaired) electrons. The van der Waals surface area contributed by atoms with Crippen molar-refractivity contribution < 1.29 is 22.7 Å². The number of hydrogen-bond acceptors (Lipinski definition) is 5. The third-order valence-electron chi connectivity index (χ3n) is 5.60. The van der Waals surface area contributed by atoms with Crippen molar-refractivity contribution in [3.05, 3.63) is 59.7 Å². The number of nitrogens with zero attached hydrogens (tertiary/aromatic N) is 2. The van der Waals surface area contributed by atoms with Gasteiger partial charge in [-0.05, 0) is 62.1 Å². The number of hydrogen-bond donors (Lipinski definition) is 0. The number of fused-ring (bicyclic) bond motifs is 1. The lowest BCUT2D eigenvalue weighted by molar-refractivity contribution is -0.122. The molecule has 0 N–H and O–H groups in total. The molecule has 0 bridgehead atoms. The van der Waals surface area contributed by atoms with Crippen molar-refractivity contribution in [1.82, 2.24) is 4.31 Å². The second-order valence-corrected chi connectivity index (χ2v) is 9.60. The largest absolute Gasteiger partial charge is 0.452 e. The number of rotatable bonds is 5. The predicted octanol–water partition coefficient (Wildman–Crippen LogP) is 2.61. The topological polar surface area (TPSA) is 84.0 Å². The minimum Gasteiger partial charge on any atom is -0.452 e. The van der Waals surface area contributed by atoms with Gasteiger partial charge in [0.05, 0.1) is 10.5 Å². The summed E-state index contributed by atoms with van der Waals surface area (Å²) in [5.41, 5.74) is 2.15. The summed E-state index contributed by atoms with van der Waals surface area (Å²) in [7, 11) is -3.53. The Morgan fingerprint density at radius 2 is 1.70 bits per heavy atom. The summed E-state index contributed by atoms with van der Waals surface area (Å²) in [4.78, 5) is 26.8. The molecule has 4 rings (SSSR count). The highest BCUT2D eigenvalue weighted by Gasteiger charge is 2.31. The van der Waals surface area contributed by atoms with Gasteiger partial charge in [0.25, 0.3) is 5.91 Å². The molecule has 1 atom stereocenters. The van der Waals surface area contributed by atoms with E-state index in [1.54, 1.807) is 4.90 Å². The van der Waals surface area contributed by atoms with Crippen LogP contribution < -0.4 is 4.90 Å². The number of para-hydroxylation sites is 1. The molecule has 2 aromatic carbocycles. The Morgan fingerprint density at radius 3 is 2.40 bits per heavy atom. The van der Waals surface area contributed by atoms with Crippen LogP contribution in [0.5, 0.6) is 0 Å². The van der Waals surface area contributed by atoms with Crippen molar-refractivity contribution in [3.63, 3.8) is 0 Å². The lowest BCUT2D eigenvalue weighted by Gasteiger charge is -2.22. The standard InChI is InChI=1S/C22H24N2O5S/c1-16-14-18-6-2-3-7-20(18)24(16)21(25)15-29-22(26)17-8-10-19(11-9-17)30(27,28)23-12-4-5-13-23/h2-3,6-11,16H,4-5,12-15H2,1H3/t16-/m1/s1. The van der Waals surface area contributed by atoms with E-state index in [1.807, 2.05) is 31.2 Å². The molecule has 0 aromatic heterocycles. The number of esters is 1. The average Bonchev–Trinajstić information content (AvgIpc) is 3.39. The molecule has 158 valence electrons. The van der Waals surface area contributed by atoms with Crippen molar-refractivity contribution >= 4 is 27.6 Å². The third-order valence-corrected chi connectivity index (χ3v) is 7.51. The molecule has 2 aliphatic rings. The number of carbonyl (C=O) groups is 2. The van der Waals surface area contributed by atoms with Crippen LogP contribution in [0, 0.1) is 0 Å². The molecule has 2 heterocycles. The SMILES string of the molecule is C[C@@H]1Cc2ccccc2N1C(=O)COC(=O)c1ccc(S(=O)(=O)N2CCCC2)cc1.